The fourth-order valence-electron chi connectivity index (χ4n) is 2.59. The first-order valence-electron chi connectivity index (χ1n) is 9.29. The Morgan fingerprint density at radius 3 is 2.36 bits per heavy atom. The van der Waals surface area contributed by atoms with Gasteiger partial charge in [-0.3, -0.25) is 9.69 Å². The van der Waals surface area contributed by atoms with Crippen LogP contribution in [0.3, 0.4) is 0 Å². The molecule has 0 bridgehead atoms. The molecule has 0 fully saturated rings. The van der Waals surface area contributed by atoms with Crippen molar-refractivity contribution in [3.63, 3.8) is 0 Å². The van der Waals surface area contributed by atoms with Crippen molar-refractivity contribution in [3.05, 3.63) is 59.5 Å². The van der Waals surface area contributed by atoms with Crippen molar-refractivity contribution in [2.45, 2.75) is 46.6 Å². The number of rotatable bonds is 6. The minimum Gasteiger partial charge on any atom is -0.443 e. The molecule has 0 saturated carbocycles. The van der Waals surface area contributed by atoms with Gasteiger partial charge in [-0.15, -0.1) is 0 Å². The summed E-state index contributed by atoms with van der Waals surface area (Å²) >= 11 is 0. The van der Waals surface area contributed by atoms with Crippen molar-refractivity contribution in [3.8, 4) is 0 Å². The van der Waals surface area contributed by atoms with Crippen molar-refractivity contribution < 1.29 is 18.7 Å². The van der Waals surface area contributed by atoms with Crippen LogP contribution in [0.4, 0.5) is 15.0 Å². The van der Waals surface area contributed by atoms with E-state index >= 15 is 0 Å². The van der Waals surface area contributed by atoms with E-state index < -0.39 is 11.7 Å². The second kappa shape index (κ2) is 8.95. The van der Waals surface area contributed by atoms with Crippen LogP contribution in [0.2, 0.25) is 0 Å². The first-order valence-corrected chi connectivity index (χ1v) is 9.29. The monoisotopic (exact) mass is 386 g/mol. The summed E-state index contributed by atoms with van der Waals surface area (Å²) in [6.07, 6.45) is 1.22. The summed E-state index contributed by atoms with van der Waals surface area (Å²) in [6, 6.07) is 8.90. The third-order valence-electron chi connectivity index (χ3n) is 3.78. The summed E-state index contributed by atoms with van der Waals surface area (Å²) in [5.74, 6) is 0.125. The minimum absolute atomic E-state index is 0.130. The third-order valence-corrected chi connectivity index (χ3v) is 3.78. The predicted molar refractivity (Wildman–Crippen MR) is 107 cm³/mol. The number of nitrogens with zero attached hydrogens (tertiary/aromatic N) is 2. The van der Waals surface area contributed by atoms with Crippen LogP contribution in [-0.2, 0) is 11.2 Å². The van der Waals surface area contributed by atoms with E-state index in [1.807, 2.05) is 34.6 Å². The molecule has 5 nitrogen and oxygen atoms in total. The highest BCUT2D eigenvalue weighted by atomic mass is 19.1. The number of aromatic nitrogens is 1. The zero-order valence-electron chi connectivity index (χ0n) is 17.0. The van der Waals surface area contributed by atoms with E-state index in [-0.39, 0.29) is 23.9 Å². The maximum absolute atomic E-state index is 13.0. The van der Waals surface area contributed by atoms with E-state index in [4.69, 9.17) is 4.74 Å². The predicted octanol–water partition coefficient (Wildman–Crippen LogP) is 5.04. The van der Waals surface area contributed by atoms with Crippen LogP contribution in [-0.4, -0.2) is 29.0 Å². The molecule has 0 spiro atoms. The molecule has 0 aliphatic carbocycles. The van der Waals surface area contributed by atoms with Gasteiger partial charge in [-0.05, 0) is 68.7 Å². The van der Waals surface area contributed by atoms with E-state index in [2.05, 4.69) is 4.98 Å². The zero-order chi connectivity index (χ0) is 20.9. The van der Waals surface area contributed by atoms with Gasteiger partial charge in [-0.2, -0.15) is 0 Å². The van der Waals surface area contributed by atoms with E-state index in [0.717, 1.165) is 5.56 Å². The normalized spacial score (nSPS) is 11.4. The topological polar surface area (TPSA) is 59.5 Å². The molecular weight excluding hydrogens is 359 g/mol. The summed E-state index contributed by atoms with van der Waals surface area (Å²) in [6.45, 7) is 9.87. The van der Waals surface area contributed by atoms with Gasteiger partial charge in [0.15, 0.2) is 5.78 Å². The molecule has 0 unspecified atom stereocenters. The van der Waals surface area contributed by atoms with Crippen LogP contribution in [0.1, 0.15) is 50.5 Å². The number of carbonyl (C=O) groups is 2. The molecule has 2 aromatic rings. The molecule has 150 valence electrons. The number of Topliss-reactive ketones (excluding diaryl/α,β-unsaturated/α-hetero) is 1. The standard InChI is InChI=1S/C22H27FN2O3/c1-15(2)14-25(21(27)28-22(3,4)5)20-13-16(10-11-24-20)12-19(26)17-6-8-18(23)9-7-17/h6-11,13,15H,12,14H2,1-5H3. The van der Waals surface area contributed by atoms with Crippen molar-refractivity contribution in [1.29, 1.82) is 0 Å². The molecule has 1 aromatic heterocycles. The Hall–Kier alpha value is -2.76. The van der Waals surface area contributed by atoms with E-state index in [1.165, 1.54) is 29.2 Å². The van der Waals surface area contributed by atoms with Gasteiger partial charge in [-0.25, -0.2) is 14.2 Å². The quantitative estimate of drug-likeness (QED) is 0.652. The van der Waals surface area contributed by atoms with E-state index in [1.54, 1.807) is 18.3 Å². The molecule has 1 amide bonds. The van der Waals surface area contributed by atoms with Crippen molar-refractivity contribution in [1.82, 2.24) is 4.98 Å². The summed E-state index contributed by atoms with van der Waals surface area (Å²) in [5, 5.41) is 0. The number of anilines is 1. The van der Waals surface area contributed by atoms with Gasteiger partial charge >= 0.3 is 6.09 Å². The average molecular weight is 386 g/mol. The molecule has 1 heterocycles. The summed E-state index contributed by atoms with van der Waals surface area (Å²) < 4.78 is 18.5. The second-order valence-electron chi connectivity index (χ2n) is 8.11. The fourth-order valence-corrected chi connectivity index (χ4v) is 2.59. The molecule has 0 radical (unpaired) electrons. The molecule has 1 aromatic carbocycles. The lowest BCUT2D eigenvalue weighted by Gasteiger charge is -2.28. The number of halogens is 1. The SMILES string of the molecule is CC(C)CN(C(=O)OC(C)(C)C)c1cc(CC(=O)c2ccc(F)cc2)ccn1. The van der Waals surface area contributed by atoms with Gasteiger partial charge in [0.1, 0.15) is 17.2 Å². The first kappa shape index (κ1) is 21.5. The lowest BCUT2D eigenvalue weighted by Crippen LogP contribution is -2.39. The second-order valence-corrected chi connectivity index (χ2v) is 8.11. The number of hydrogen-bond acceptors (Lipinski definition) is 4. The number of amides is 1. The number of pyridine rings is 1. The Kier molecular flexibility index (Phi) is 6.89. The van der Waals surface area contributed by atoms with Gasteiger partial charge < -0.3 is 4.74 Å². The Morgan fingerprint density at radius 1 is 1.14 bits per heavy atom. The molecule has 28 heavy (non-hydrogen) atoms. The van der Waals surface area contributed by atoms with Crippen molar-refractivity contribution in [2.75, 3.05) is 11.4 Å². The molecule has 0 aliphatic heterocycles. The maximum atomic E-state index is 13.0. The summed E-state index contributed by atoms with van der Waals surface area (Å²) in [4.78, 5) is 30.9. The number of hydrogen-bond donors (Lipinski definition) is 0. The van der Waals surface area contributed by atoms with Crippen LogP contribution >= 0.6 is 0 Å². The van der Waals surface area contributed by atoms with E-state index in [0.29, 0.717) is 17.9 Å². The highest BCUT2D eigenvalue weighted by Gasteiger charge is 2.25. The molecule has 0 N–H and O–H groups in total. The zero-order valence-corrected chi connectivity index (χ0v) is 17.0. The smallest absolute Gasteiger partial charge is 0.416 e. The van der Waals surface area contributed by atoms with Gasteiger partial charge in [0.05, 0.1) is 0 Å². The lowest BCUT2D eigenvalue weighted by atomic mass is 10.0. The summed E-state index contributed by atoms with van der Waals surface area (Å²) in [5.41, 5.74) is 0.533. The van der Waals surface area contributed by atoms with Gasteiger partial charge in [0.25, 0.3) is 0 Å². The Balaban J connectivity index is 2.23. The van der Waals surface area contributed by atoms with Crippen LogP contribution < -0.4 is 4.90 Å². The Morgan fingerprint density at radius 2 is 1.79 bits per heavy atom. The Bertz CT molecular complexity index is 826. The number of carbonyl (C=O) groups excluding carboxylic acids is 2. The number of benzene rings is 1. The van der Waals surface area contributed by atoms with Crippen molar-refractivity contribution in [2.24, 2.45) is 5.92 Å². The van der Waals surface area contributed by atoms with Gasteiger partial charge in [0.2, 0.25) is 0 Å². The molecule has 0 atom stereocenters. The van der Waals surface area contributed by atoms with Crippen LogP contribution in [0.15, 0.2) is 42.6 Å². The van der Waals surface area contributed by atoms with E-state index in [9.17, 15) is 14.0 Å². The molecule has 0 aliphatic rings. The highest BCUT2D eigenvalue weighted by molar-refractivity contribution is 5.97. The van der Waals surface area contributed by atoms with Crippen molar-refractivity contribution >= 4 is 17.7 Å². The van der Waals surface area contributed by atoms with Crippen LogP contribution in [0.5, 0.6) is 0 Å². The average Bonchev–Trinajstić information content (AvgIpc) is 2.58. The number of ketones is 1. The van der Waals surface area contributed by atoms with Crippen LogP contribution in [0.25, 0.3) is 0 Å². The molecule has 2 rings (SSSR count). The molecule has 0 saturated heterocycles. The number of ether oxygens (including phenoxy) is 1. The highest BCUT2D eigenvalue weighted by Crippen LogP contribution is 2.20. The maximum Gasteiger partial charge on any atom is 0.416 e. The summed E-state index contributed by atoms with van der Waals surface area (Å²) in [7, 11) is 0. The van der Waals surface area contributed by atoms with Gasteiger partial charge in [0, 0.05) is 24.7 Å². The minimum atomic E-state index is -0.623. The van der Waals surface area contributed by atoms with Gasteiger partial charge in [-0.1, -0.05) is 13.8 Å². The fraction of sp³-hybridized carbons (Fsp3) is 0.409. The first-order chi connectivity index (χ1) is 13.0. The molecule has 6 heteroatoms. The van der Waals surface area contributed by atoms with Crippen LogP contribution in [0, 0.1) is 11.7 Å². The Labute approximate surface area is 165 Å². The largest absolute Gasteiger partial charge is 0.443 e. The molecular formula is C22H27FN2O3. The lowest BCUT2D eigenvalue weighted by molar-refractivity contribution is 0.0575. The third kappa shape index (κ3) is 6.44.